The maximum atomic E-state index is 13.4. The topological polar surface area (TPSA) is 41.6 Å². The Morgan fingerprint density at radius 3 is 2.89 bits per heavy atom. The second-order valence-electron chi connectivity index (χ2n) is 4.13. The van der Waals surface area contributed by atoms with Crippen LogP contribution in [-0.2, 0) is 6.54 Å². The molecule has 2 aromatic rings. The van der Waals surface area contributed by atoms with Crippen LogP contribution in [0.3, 0.4) is 0 Å². The minimum atomic E-state index is -0.498. The first-order valence-electron chi connectivity index (χ1n) is 5.47. The summed E-state index contributed by atoms with van der Waals surface area (Å²) < 4.78 is 15.1. The fourth-order valence-corrected chi connectivity index (χ4v) is 1.61. The molecule has 0 atom stereocenters. The van der Waals surface area contributed by atoms with Gasteiger partial charge in [-0.15, -0.1) is 0 Å². The molecule has 0 fully saturated rings. The molecule has 90 valence electrons. The van der Waals surface area contributed by atoms with Crippen molar-refractivity contribution < 1.29 is 4.39 Å². The van der Waals surface area contributed by atoms with Gasteiger partial charge in [-0.1, -0.05) is 12.6 Å². The van der Waals surface area contributed by atoms with Crippen molar-refractivity contribution in [2.24, 2.45) is 0 Å². The molecule has 0 amide bonds. The Hall–Kier alpha value is -2.41. The van der Waals surface area contributed by atoms with Crippen molar-refractivity contribution in [3.63, 3.8) is 0 Å². The summed E-state index contributed by atoms with van der Waals surface area (Å²) in [5.41, 5.74) is 2.72. The summed E-state index contributed by atoms with van der Waals surface area (Å²) in [4.78, 5) is 0. The molecule has 0 saturated heterocycles. The number of hydrogen-bond donors (Lipinski definition) is 0. The monoisotopic (exact) mass is 241 g/mol. The lowest BCUT2D eigenvalue weighted by Gasteiger charge is -2.02. The van der Waals surface area contributed by atoms with Crippen LogP contribution in [0, 0.1) is 17.1 Å². The van der Waals surface area contributed by atoms with Crippen molar-refractivity contribution in [3.8, 4) is 6.07 Å². The molecule has 0 bridgehead atoms. The Morgan fingerprint density at radius 1 is 1.56 bits per heavy atom. The third-order valence-corrected chi connectivity index (χ3v) is 2.62. The molecule has 0 spiro atoms. The predicted molar refractivity (Wildman–Crippen MR) is 67.2 cm³/mol. The molecule has 0 radical (unpaired) electrons. The van der Waals surface area contributed by atoms with Crippen molar-refractivity contribution in [2.45, 2.75) is 13.5 Å². The van der Waals surface area contributed by atoms with E-state index < -0.39 is 5.82 Å². The van der Waals surface area contributed by atoms with Crippen LogP contribution in [0.2, 0.25) is 0 Å². The molecule has 2 rings (SSSR count). The molecular formula is C14H12FN3. The molecule has 0 aliphatic rings. The fraction of sp³-hybridized carbons (Fsp3) is 0.143. The lowest BCUT2D eigenvalue weighted by molar-refractivity contribution is 0.615. The van der Waals surface area contributed by atoms with E-state index in [1.165, 1.54) is 12.1 Å². The van der Waals surface area contributed by atoms with E-state index in [1.54, 1.807) is 23.0 Å². The first kappa shape index (κ1) is 12.1. The Balaban J connectivity index is 2.21. The van der Waals surface area contributed by atoms with Crippen molar-refractivity contribution in [1.29, 1.82) is 5.26 Å². The van der Waals surface area contributed by atoms with Crippen molar-refractivity contribution in [1.82, 2.24) is 9.78 Å². The van der Waals surface area contributed by atoms with Crippen molar-refractivity contribution >= 4 is 5.57 Å². The van der Waals surface area contributed by atoms with Gasteiger partial charge >= 0.3 is 0 Å². The van der Waals surface area contributed by atoms with E-state index in [4.69, 9.17) is 5.26 Å². The summed E-state index contributed by atoms with van der Waals surface area (Å²) in [7, 11) is 0. The van der Waals surface area contributed by atoms with E-state index in [0.29, 0.717) is 6.54 Å². The zero-order valence-corrected chi connectivity index (χ0v) is 10.0. The fourth-order valence-electron chi connectivity index (χ4n) is 1.61. The Morgan fingerprint density at radius 2 is 2.33 bits per heavy atom. The second-order valence-corrected chi connectivity index (χ2v) is 4.13. The van der Waals surface area contributed by atoms with Crippen molar-refractivity contribution in [3.05, 3.63) is 59.7 Å². The maximum Gasteiger partial charge on any atom is 0.141 e. The summed E-state index contributed by atoms with van der Waals surface area (Å²) in [6, 6.07) is 6.36. The number of halogens is 1. The Labute approximate surface area is 105 Å². The minimum absolute atomic E-state index is 0.0573. The summed E-state index contributed by atoms with van der Waals surface area (Å²) in [6.07, 6.45) is 3.58. The molecule has 1 heterocycles. The molecular weight excluding hydrogens is 229 g/mol. The van der Waals surface area contributed by atoms with Crippen LogP contribution in [0.25, 0.3) is 5.57 Å². The minimum Gasteiger partial charge on any atom is -0.268 e. The van der Waals surface area contributed by atoms with Crippen molar-refractivity contribution in [2.75, 3.05) is 0 Å². The number of nitrogens with zero attached hydrogens (tertiary/aromatic N) is 3. The van der Waals surface area contributed by atoms with E-state index in [-0.39, 0.29) is 5.56 Å². The largest absolute Gasteiger partial charge is 0.268 e. The highest BCUT2D eigenvalue weighted by atomic mass is 19.1. The third kappa shape index (κ3) is 2.46. The van der Waals surface area contributed by atoms with E-state index in [9.17, 15) is 4.39 Å². The van der Waals surface area contributed by atoms with Gasteiger partial charge in [0.05, 0.1) is 18.3 Å². The van der Waals surface area contributed by atoms with Crippen LogP contribution in [0.4, 0.5) is 4.39 Å². The van der Waals surface area contributed by atoms with Gasteiger partial charge in [-0.05, 0) is 30.2 Å². The average Bonchev–Trinajstić information content (AvgIpc) is 2.78. The van der Waals surface area contributed by atoms with Gasteiger partial charge in [0, 0.05) is 11.8 Å². The van der Waals surface area contributed by atoms with E-state index in [1.807, 2.05) is 13.1 Å². The van der Waals surface area contributed by atoms with E-state index >= 15 is 0 Å². The highest BCUT2D eigenvalue weighted by Gasteiger charge is 2.04. The maximum absolute atomic E-state index is 13.4. The van der Waals surface area contributed by atoms with Crippen LogP contribution in [0.15, 0.2) is 37.2 Å². The molecule has 3 nitrogen and oxygen atoms in total. The average molecular weight is 241 g/mol. The summed E-state index contributed by atoms with van der Waals surface area (Å²) in [5.74, 6) is -0.498. The first-order chi connectivity index (χ1) is 8.60. The SMILES string of the molecule is C=C(C)c1cnn(Cc2ccc(C#N)c(F)c2)c1. The van der Waals surface area contributed by atoms with E-state index in [2.05, 4.69) is 11.7 Å². The van der Waals surface area contributed by atoms with Gasteiger partial charge in [0.25, 0.3) is 0 Å². The van der Waals surface area contributed by atoms with Gasteiger partial charge in [-0.2, -0.15) is 10.4 Å². The zero-order chi connectivity index (χ0) is 13.1. The van der Waals surface area contributed by atoms with Gasteiger partial charge in [0.2, 0.25) is 0 Å². The quantitative estimate of drug-likeness (QED) is 0.829. The number of rotatable bonds is 3. The standard InChI is InChI=1S/C14H12FN3/c1-10(2)13-7-17-18(9-13)8-11-3-4-12(6-16)14(15)5-11/h3-5,7,9H,1,8H2,2H3. The lowest BCUT2D eigenvalue weighted by Crippen LogP contribution is -2.00. The molecule has 0 unspecified atom stereocenters. The van der Waals surface area contributed by atoms with Crippen LogP contribution in [-0.4, -0.2) is 9.78 Å². The molecule has 0 aliphatic heterocycles. The summed E-state index contributed by atoms with van der Waals surface area (Å²) in [5, 5.41) is 12.8. The number of hydrogen-bond acceptors (Lipinski definition) is 2. The molecule has 0 saturated carbocycles. The van der Waals surface area contributed by atoms with Gasteiger partial charge in [0.15, 0.2) is 0 Å². The summed E-state index contributed by atoms with van der Waals surface area (Å²) >= 11 is 0. The van der Waals surface area contributed by atoms with Gasteiger partial charge in [-0.25, -0.2) is 4.39 Å². The third-order valence-electron chi connectivity index (χ3n) is 2.62. The molecule has 1 aromatic carbocycles. The molecule has 0 N–H and O–H groups in total. The lowest BCUT2D eigenvalue weighted by atomic mass is 10.1. The molecule has 18 heavy (non-hydrogen) atoms. The molecule has 0 aliphatic carbocycles. The summed E-state index contributed by atoms with van der Waals surface area (Å²) in [6.45, 7) is 6.21. The van der Waals surface area contributed by atoms with Crippen LogP contribution in [0.5, 0.6) is 0 Å². The molecule has 1 aromatic heterocycles. The van der Waals surface area contributed by atoms with Crippen LogP contribution in [0.1, 0.15) is 23.6 Å². The number of aromatic nitrogens is 2. The van der Waals surface area contributed by atoms with Gasteiger partial charge in [0.1, 0.15) is 11.9 Å². The highest BCUT2D eigenvalue weighted by Crippen LogP contribution is 2.13. The van der Waals surface area contributed by atoms with Crippen LogP contribution < -0.4 is 0 Å². The highest BCUT2D eigenvalue weighted by molar-refractivity contribution is 5.59. The van der Waals surface area contributed by atoms with E-state index in [0.717, 1.165) is 16.7 Å². The first-order valence-corrected chi connectivity index (χ1v) is 5.47. The zero-order valence-electron chi connectivity index (χ0n) is 10.0. The predicted octanol–water partition coefficient (Wildman–Crippen LogP) is 2.98. The second kappa shape index (κ2) is 4.84. The van der Waals surface area contributed by atoms with Gasteiger partial charge < -0.3 is 0 Å². The Bertz CT molecular complexity index is 635. The van der Waals surface area contributed by atoms with Gasteiger partial charge in [-0.3, -0.25) is 4.68 Å². The number of allylic oxidation sites excluding steroid dienone is 1. The number of benzene rings is 1. The molecule has 4 heteroatoms. The smallest absolute Gasteiger partial charge is 0.141 e. The number of nitriles is 1. The Kier molecular flexibility index (Phi) is 3.24. The normalized spacial score (nSPS) is 10.1. The van der Waals surface area contributed by atoms with Crippen LogP contribution >= 0.6 is 0 Å².